The Labute approximate surface area is 106 Å². The smallest absolute Gasteiger partial charge is 0.240 e. The fourth-order valence-electron chi connectivity index (χ4n) is 1.52. The van der Waals surface area contributed by atoms with E-state index in [1.165, 1.54) is 0 Å². The van der Waals surface area contributed by atoms with Crippen molar-refractivity contribution < 1.29 is 4.79 Å². The first-order valence-electron chi connectivity index (χ1n) is 5.22. The van der Waals surface area contributed by atoms with E-state index in [1.807, 2.05) is 42.5 Å². The van der Waals surface area contributed by atoms with Gasteiger partial charge in [-0.2, -0.15) is 0 Å². The minimum Gasteiger partial charge on any atom is -0.325 e. The van der Waals surface area contributed by atoms with Gasteiger partial charge in [-0.05, 0) is 29.8 Å². The van der Waals surface area contributed by atoms with Crippen molar-refractivity contribution >= 4 is 34.8 Å². The van der Waals surface area contributed by atoms with Crippen molar-refractivity contribution in [1.29, 1.82) is 0 Å². The molecule has 1 atom stereocenters. The standard InChI is InChI=1S/C13H14N2O.ClH/c1-9(14)13(16)15-12-7-6-10-4-2-3-5-11(10)8-12;/h2-9H,14H2,1H3,(H,15,16);1H/t9-;/m1./s1. The number of nitrogens with two attached hydrogens (primary N) is 1. The summed E-state index contributed by atoms with van der Waals surface area (Å²) in [5.74, 6) is -0.171. The number of anilines is 1. The van der Waals surface area contributed by atoms with E-state index in [2.05, 4.69) is 5.32 Å². The molecule has 2 rings (SSSR count). The molecule has 0 bridgehead atoms. The van der Waals surface area contributed by atoms with E-state index in [-0.39, 0.29) is 18.3 Å². The van der Waals surface area contributed by atoms with Gasteiger partial charge in [0.1, 0.15) is 0 Å². The molecule has 0 unspecified atom stereocenters. The predicted molar refractivity (Wildman–Crippen MR) is 73.5 cm³/mol. The van der Waals surface area contributed by atoms with E-state index in [4.69, 9.17) is 5.73 Å². The molecule has 4 heteroatoms. The fraction of sp³-hybridized carbons (Fsp3) is 0.154. The van der Waals surface area contributed by atoms with Crippen molar-refractivity contribution in [3.8, 4) is 0 Å². The maximum atomic E-state index is 11.4. The molecular formula is C13H15ClN2O. The monoisotopic (exact) mass is 250 g/mol. The second-order valence-electron chi connectivity index (χ2n) is 3.84. The van der Waals surface area contributed by atoms with Crippen LogP contribution in [0.25, 0.3) is 10.8 Å². The lowest BCUT2D eigenvalue weighted by atomic mass is 10.1. The molecule has 0 heterocycles. The number of rotatable bonds is 2. The van der Waals surface area contributed by atoms with E-state index < -0.39 is 6.04 Å². The molecule has 0 radical (unpaired) electrons. The minimum atomic E-state index is -0.494. The van der Waals surface area contributed by atoms with Crippen LogP contribution in [0.15, 0.2) is 42.5 Å². The molecule has 3 nitrogen and oxygen atoms in total. The number of amides is 1. The van der Waals surface area contributed by atoms with Crippen LogP contribution in [0.2, 0.25) is 0 Å². The van der Waals surface area contributed by atoms with Crippen molar-refractivity contribution in [2.45, 2.75) is 13.0 Å². The zero-order chi connectivity index (χ0) is 11.5. The first kappa shape index (κ1) is 13.5. The molecule has 1 amide bonds. The number of halogens is 1. The van der Waals surface area contributed by atoms with Gasteiger partial charge in [0.25, 0.3) is 0 Å². The Morgan fingerprint density at radius 1 is 1.18 bits per heavy atom. The lowest BCUT2D eigenvalue weighted by Crippen LogP contribution is -2.32. The van der Waals surface area contributed by atoms with Crippen LogP contribution in [0.4, 0.5) is 5.69 Å². The Bertz CT molecular complexity index is 526. The normalized spacial score (nSPS) is 11.6. The zero-order valence-electron chi connectivity index (χ0n) is 9.51. The largest absolute Gasteiger partial charge is 0.325 e. The van der Waals surface area contributed by atoms with Gasteiger partial charge in [-0.15, -0.1) is 12.4 Å². The summed E-state index contributed by atoms with van der Waals surface area (Å²) in [7, 11) is 0. The van der Waals surface area contributed by atoms with Crippen LogP contribution in [-0.4, -0.2) is 11.9 Å². The number of hydrogen-bond acceptors (Lipinski definition) is 2. The highest BCUT2D eigenvalue weighted by molar-refractivity contribution is 5.96. The molecule has 0 saturated carbocycles. The summed E-state index contributed by atoms with van der Waals surface area (Å²) < 4.78 is 0. The van der Waals surface area contributed by atoms with Gasteiger partial charge in [-0.25, -0.2) is 0 Å². The summed E-state index contributed by atoms with van der Waals surface area (Å²) in [6.07, 6.45) is 0. The summed E-state index contributed by atoms with van der Waals surface area (Å²) in [6.45, 7) is 1.66. The van der Waals surface area contributed by atoms with Gasteiger partial charge in [0.2, 0.25) is 5.91 Å². The first-order chi connectivity index (χ1) is 7.66. The summed E-state index contributed by atoms with van der Waals surface area (Å²) in [5.41, 5.74) is 6.26. The van der Waals surface area contributed by atoms with Crippen molar-refractivity contribution in [3.63, 3.8) is 0 Å². The number of fused-ring (bicyclic) bond motifs is 1. The van der Waals surface area contributed by atoms with Crippen LogP contribution in [0.1, 0.15) is 6.92 Å². The molecular weight excluding hydrogens is 236 g/mol. The molecule has 0 aliphatic rings. The number of benzene rings is 2. The van der Waals surface area contributed by atoms with Gasteiger partial charge in [-0.3, -0.25) is 4.79 Å². The predicted octanol–water partition coefficient (Wildman–Crippen LogP) is 2.55. The maximum absolute atomic E-state index is 11.4. The quantitative estimate of drug-likeness (QED) is 0.861. The third-order valence-corrected chi connectivity index (χ3v) is 2.43. The number of carbonyl (C=O) groups is 1. The highest BCUT2D eigenvalue weighted by Crippen LogP contribution is 2.18. The van der Waals surface area contributed by atoms with Crippen LogP contribution in [0, 0.1) is 0 Å². The summed E-state index contributed by atoms with van der Waals surface area (Å²) in [6, 6.07) is 13.3. The highest BCUT2D eigenvalue weighted by Gasteiger charge is 2.07. The molecule has 0 aromatic heterocycles. The Balaban J connectivity index is 0.00000144. The van der Waals surface area contributed by atoms with E-state index in [1.54, 1.807) is 6.92 Å². The van der Waals surface area contributed by atoms with E-state index in [0.29, 0.717) is 0 Å². The number of carbonyl (C=O) groups excluding carboxylic acids is 1. The Hall–Kier alpha value is -1.58. The Morgan fingerprint density at radius 3 is 2.47 bits per heavy atom. The summed E-state index contributed by atoms with van der Waals surface area (Å²) in [5, 5.41) is 5.03. The van der Waals surface area contributed by atoms with Gasteiger partial charge in [-0.1, -0.05) is 30.3 Å². The van der Waals surface area contributed by atoms with Crippen LogP contribution < -0.4 is 11.1 Å². The lowest BCUT2D eigenvalue weighted by Gasteiger charge is -2.08. The van der Waals surface area contributed by atoms with Gasteiger partial charge in [0.15, 0.2) is 0 Å². The molecule has 2 aromatic rings. The second-order valence-corrected chi connectivity index (χ2v) is 3.84. The third kappa shape index (κ3) is 3.19. The molecule has 90 valence electrons. The molecule has 0 aliphatic heterocycles. The maximum Gasteiger partial charge on any atom is 0.240 e. The highest BCUT2D eigenvalue weighted by atomic mass is 35.5. The van der Waals surface area contributed by atoms with Gasteiger partial charge < -0.3 is 11.1 Å². The van der Waals surface area contributed by atoms with Crippen LogP contribution in [-0.2, 0) is 4.79 Å². The average molecular weight is 251 g/mol. The summed E-state index contributed by atoms with van der Waals surface area (Å²) >= 11 is 0. The molecule has 0 aliphatic carbocycles. The van der Waals surface area contributed by atoms with Gasteiger partial charge >= 0.3 is 0 Å². The Kier molecular flexibility index (Phi) is 4.49. The third-order valence-electron chi connectivity index (χ3n) is 2.43. The van der Waals surface area contributed by atoms with Gasteiger partial charge in [0, 0.05) is 5.69 Å². The molecule has 3 N–H and O–H groups in total. The Morgan fingerprint density at radius 2 is 1.82 bits per heavy atom. The topological polar surface area (TPSA) is 55.1 Å². The van der Waals surface area contributed by atoms with Crippen LogP contribution in [0.5, 0.6) is 0 Å². The van der Waals surface area contributed by atoms with Crippen LogP contribution >= 0.6 is 12.4 Å². The minimum absolute atomic E-state index is 0. The molecule has 2 aromatic carbocycles. The van der Waals surface area contributed by atoms with E-state index >= 15 is 0 Å². The lowest BCUT2D eigenvalue weighted by molar-refractivity contribution is -0.117. The van der Waals surface area contributed by atoms with Crippen molar-refractivity contribution in [2.75, 3.05) is 5.32 Å². The SMILES string of the molecule is C[C@@H](N)C(=O)Nc1ccc2ccccc2c1.Cl. The van der Waals surface area contributed by atoms with E-state index in [9.17, 15) is 4.79 Å². The van der Waals surface area contributed by atoms with E-state index in [0.717, 1.165) is 16.5 Å². The number of nitrogens with one attached hydrogen (secondary N) is 1. The second kappa shape index (κ2) is 5.66. The molecule has 0 fully saturated rings. The molecule has 0 saturated heterocycles. The average Bonchev–Trinajstić information content (AvgIpc) is 2.28. The fourth-order valence-corrected chi connectivity index (χ4v) is 1.52. The number of hydrogen-bond donors (Lipinski definition) is 2. The molecule has 17 heavy (non-hydrogen) atoms. The summed E-state index contributed by atoms with van der Waals surface area (Å²) in [4.78, 5) is 11.4. The van der Waals surface area contributed by atoms with Crippen molar-refractivity contribution in [3.05, 3.63) is 42.5 Å². The van der Waals surface area contributed by atoms with Crippen LogP contribution in [0.3, 0.4) is 0 Å². The molecule has 0 spiro atoms. The van der Waals surface area contributed by atoms with Crippen molar-refractivity contribution in [2.24, 2.45) is 5.73 Å². The first-order valence-corrected chi connectivity index (χ1v) is 5.22. The van der Waals surface area contributed by atoms with Crippen molar-refractivity contribution in [1.82, 2.24) is 0 Å². The zero-order valence-corrected chi connectivity index (χ0v) is 10.3. The van der Waals surface area contributed by atoms with Gasteiger partial charge in [0.05, 0.1) is 6.04 Å².